The Kier molecular flexibility index (Phi) is 5.12. The maximum absolute atomic E-state index is 5.86. The minimum Gasteiger partial charge on any atom is -0.387 e. The van der Waals surface area contributed by atoms with Gasteiger partial charge in [-0.15, -0.1) is 11.8 Å². The molecule has 1 atom stereocenters. The molecule has 0 saturated heterocycles. The summed E-state index contributed by atoms with van der Waals surface area (Å²) in [6.07, 6.45) is 2.04. The van der Waals surface area contributed by atoms with Gasteiger partial charge in [-0.1, -0.05) is 24.3 Å². The van der Waals surface area contributed by atoms with Crippen molar-refractivity contribution in [3.63, 3.8) is 0 Å². The molecule has 112 valence electrons. The number of hydrogen-bond acceptors (Lipinski definition) is 3. The molecule has 1 aromatic rings. The number of anilines is 1. The van der Waals surface area contributed by atoms with Crippen LogP contribution in [0.1, 0.15) is 32.3 Å². The summed E-state index contributed by atoms with van der Waals surface area (Å²) in [5.41, 5.74) is 9.56. The van der Waals surface area contributed by atoms with Crippen LogP contribution in [0.5, 0.6) is 0 Å². The monoisotopic (exact) mass is 301 g/mol. The second-order valence-corrected chi connectivity index (χ2v) is 6.39. The van der Waals surface area contributed by atoms with Crippen LogP contribution in [0.2, 0.25) is 0 Å². The van der Waals surface area contributed by atoms with Crippen LogP contribution >= 0.6 is 11.8 Å². The Morgan fingerprint density at radius 2 is 2.10 bits per heavy atom. The highest BCUT2D eigenvalue weighted by molar-refractivity contribution is 8.05. The number of hydrogen-bond donors (Lipinski definition) is 1. The van der Waals surface area contributed by atoms with Crippen molar-refractivity contribution in [1.82, 2.24) is 0 Å². The third-order valence-electron chi connectivity index (χ3n) is 3.55. The predicted octanol–water partition coefficient (Wildman–Crippen LogP) is 4.10. The molecule has 0 spiro atoms. The number of aliphatic imine (C=N–C) groups is 1. The van der Waals surface area contributed by atoms with E-state index in [1.165, 1.54) is 16.2 Å². The summed E-state index contributed by atoms with van der Waals surface area (Å²) in [5.74, 6) is 0.889. The van der Waals surface area contributed by atoms with E-state index in [1.807, 2.05) is 19.9 Å². The maximum atomic E-state index is 5.86. The third kappa shape index (κ3) is 3.50. The maximum Gasteiger partial charge on any atom is 0.0961 e. The van der Waals surface area contributed by atoms with Gasteiger partial charge in [-0.05, 0) is 37.8 Å². The van der Waals surface area contributed by atoms with Gasteiger partial charge in [0.2, 0.25) is 0 Å². The highest BCUT2D eigenvalue weighted by atomic mass is 32.2. The van der Waals surface area contributed by atoms with Crippen LogP contribution in [-0.4, -0.2) is 19.4 Å². The fourth-order valence-corrected chi connectivity index (χ4v) is 3.31. The van der Waals surface area contributed by atoms with Gasteiger partial charge < -0.3 is 10.6 Å². The molecule has 0 bridgehead atoms. The minimum atomic E-state index is 0.280. The molecular weight excluding hydrogens is 278 g/mol. The fraction of sp³-hybridized carbons (Fsp3) is 0.353. The molecule has 1 aliphatic heterocycles. The van der Waals surface area contributed by atoms with Crippen molar-refractivity contribution in [1.29, 1.82) is 0 Å². The molecule has 3 nitrogen and oxygen atoms in total. The lowest BCUT2D eigenvalue weighted by Gasteiger charge is -2.16. The van der Waals surface area contributed by atoms with Gasteiger partial charge in [-0.2, -0.15) is 0 Å². The summed E-state index contributed by atoms with van der Waals surface area (Å²) >= 11 is 1.71. The van der Waals surface area contributed by atoms with E-state index in [0.29, 0.717) is 5.84 Å². The summed E-state index contributed by atoms with van der Waals surface area (Å²) in [5, 5.41) is 2.08. The first-order valence-corrected chi connectivity index (χ1v) is 8.02. The summed E-state index contributed by atoms with van der Waals surface area (Å²) in [7, 11) is 2.13. The molecule has 1 unspecified atom stereocenters. The standard InChI is InChI=1S/C17H23N3S/c1-5-10-21-12(2)17(19-13(3)18)15-11-20(4)16-9-7-6-8-14(15)16/h5-10,15H,11H2,1-4H3,(H2,18,19)/b10-5-,17-12+. The lowest BCUT2D eigenvalue weighted by atomic mass is 9.97. The van der Waals surface area contributed by atoms with Gasteiger partial charge in [0.15, 0.2) is 0 Å². The number of rotatable bonds is 4. The van der Waals surface area contributed by atoms with Crippen LogP contribution in [0.15, 0.2) is 51.3 Å². The smallest absolute Gasteiger partial charge is 0.0961 e. The predicted molar refractivity (Wildman–Crippen MR) is 94.9 cm³/mol. The first-order chi connectivity index (χ1) is 10.0. The van der Waals surface area contributed by atoms with Crippen LogP contribution < -0.4 is 10.6 Å². The summed E-state index contributed by atoms with van der Waals surface area (Å²) in [6, 6.07) is 8.54. The Balaban J connectivity index is 2.47. The quantitative estimate of drug-likeness (QED) is 0.672. The van der Waals surface area contributed by atoms with Crippen molar-refractivity contribution in [2.24, 2.45) is 10.7 Å². The molecule has 0 aliphatic carbocycles. The zero-order chi connectivity index (χ0) is 15.4. The van der Waals surface area contributed by atoms with Crippen molar-refractivity contribution < 1.29 is 0 Å². The topological polar surface area (TPSA) is 41.6 Å². The lowest BCUT2D eigenvalue weighted by molar-refractivity contribution is 0.805. The average Bonchev–Trinajstić information content (AvgIpc) is 2.79. The van der Waals surface area contributed by atoms with Crippen molar-refractivity contribution >= 4 is 23.3 Å². The molecule has 2 N–H and O–H groups in total. The Morgan fingerprint density at radius 1 is 1.38 bits per heavy atom. The molecule has 0 amide bonds. The van der Waals surface area contributed by atoms with Crippen LogP contribution in [0.3, 0.4) is 0 Å². The van der Waals surface area contributed by atoms with Gasteiger partial charge in [-0.25, -0.2) is 4.99 Å². The highest BCUT2D eigenvalue weighted by Gasteiger charge is 2.30. The lowest BCUT2D eigenvalue weighted by Crippen LogP contribution is -2.17. The first kappa shape index (κ1) is 15.7. The first-order valence-electron chi connectivity index (χ1n) is 7.14. The van der Waals surface area contributed by atoms with Crippen LogP contribution in [0.4, 0.5) is 5.69 Å². The van der Waals surface area contributed by atoms with Crippen molar-refractivity contribution in [3.05, 3.63) is 51.9 Å². The Bertz CT molecular complexity index is 598. The number of nitrogens with zero attached hydrogens (tertiary/aromatic N) is 2. The normalized spacial score (nSPS) is 19.9. The van der Waals surface area contributed by atoms with E-state index in [-0.39, 0.29) is 5.92 Å². The molecule has 2 rings (SSSR count). The van der Waals surface area contributed by atoms with Crippen molar-refractivity contribution in [2.45, 2.75) is 26.7 Å². The van der Waals surface area contributed by atoms with E-state index in [9.17, 15) is 0 Å². The number of fused-ring (bicyclic) bond motifs is 1. The minimum absolute atomic E-state index is 0.280. The van der Waals surface area contributed by atoms with Gasteiger partial charge in [-0.3, -0.25) is 0 Å². The number of benzene rings is 1. The van der Waals surface area contributed by atoms with E-state index in [4.69, 9.17) is 5.73 Å². The number of para-hydroxylation sites is 1. The Labute approximate surface area is 131 Å². The second-order valence-electron chi connectivity index (χ2n) is 5.27. The number of nitrogens with two attached hydrogens (primary N) is 1. The van der Waals surface area contributed by atoms with Gasteiger partial charge >= 0.3 is 0 Å². The van der Waals surface area contributed by atoms with Gasteiger partial charge in [0.05, 0.1) is 11.5 Å². The fourth-order valence-electron chi connectivity index (χ4n) is 2.66. The Hall–Kier alpha value is -1.68. The van der Waals surface area contributed by atoms with Crippen LogP contribution in [0.25, 0.3) is 0 Å². The third-order valence-corrected chi connectivity index (χ3v) is 4.52. The molecule has 0 fully saturated rings. The average molecular weight is 301 g/mol. The zero-order valence-electron chi connectivity index (χ0n) is 13.1. The highest BCUT2D eigenvalue weighted by Crippen LogP contribution is 2.42. The zero-order valence-corrected chi connectivity index (χ0v) is 13.9. The van der Waals surface area contributed by atoms with Gasteiger partial charge in [0.1, 0.15) is 0 Å². The van der Waals surface area contributed by atoms with Crippen molar-refractivity contribution in [3.8, 4) is 0 Å². The molecule has 0 radical (unpaired) electrons. The number of likely N-dealkylation sites (N-methyl/N-ethyl adjacent to an activating group) is 1. The van der Waals surface area contributed by atoms with E-state index < -0.39 is 0 Å². The molecule has 4 heteroatoms. The Morgan fingerprint density at radius 3 is 2.76 bits per heavy atom. The van der Waals surface area contributed by atoms with Crippen LogP contribution in [-0.2, 0) is 0 Å². The van der Waals surface area contributed by atoms with Crippen LogP contribution in [0, 0.1) is 0 Å². The van der Waals surface area contributed by atoms with Gasteiger partial charge in [0, 0.05) is 30.1 Å². The van der Waals surface area contributed by atoms with E-state index in [1.54, 1.807) is 11.8 Å². The molecule has 1 aromatic carbocycles. The number of thioether (sulfide) groups is 1. The second kappa shape index (κ2) is 6.85. The largest absolute Gasteiger partial charge is 0.387 e. The number of allylic oxidation sites excluding steroid dienone is 2. The summed E-state index contributed by atoms with van der Waals surface area (Å²) in [6.45, 7) is 6.93. The molecule has 0 aromatic heterocycles. The summed E-state index contributed by atoms with van der Waals surface area (Å²) < 4.78 is 0. The summed E-state index contributed by atoms with van der Waals surface area (Å²) in [4.78, 5) is 8.13. The van der Waals surface area contributed by atoms with Gasteiger partial charge in [0.25, 0.3) is 0 Å². The number of amidine groups is 1. The molecule has 21 heavy (non-hydrogen) atoms. The molecule has 1 aliphatic rings. The van der Waals surface area contributed by atoms with Crippen molar-refractivity contribution in [2.75, 3.05) is 18.5 Å². The van der Waals surface area contributed by atoms with E-state index in [2.05, 4.69) is 53.5 Å². The van der Waals surface area contributed by atoms with E-state index in [0.717, 1.165) is 12.2 Å². The molecule has 0 saturated carbocycles. The molecular formula is C17H23N3S. The SMILES string of the molecule is C/C=C\S/C(C)=C(/N=C(C)N)C1CN(C)c2ccccc21. The van der Waals surface area contributed by atoms with E-state index >= 15 is 0 Å². The molecule has 1 heterocycles.